The summed E-state index contributed by atoms with van der Waals surface area (Å²) in [4.78, 5) is -1.28. The number of phenolic OH excluding ortho intramolecular Hbond substituents is 2. The number of hydrogen-bond acceptors (Lipinski definition) is 12. The summed E-state index contributed by atoms with van der Waals surface area (Å²) < 4.78 is 71.6. The summed E-state index contributed by atoms with van der Waals surface area (Å²) in [6.45, 7) is 0. The topological polar surface area (TPSA) is 204 Å². The second kappa shape index (κ2) is 16.0. The van der Waals surface area contributed by atoms with E-state index >= 15 is 0 Å². The zero-order valence-corrected chi connectivity index (χ0v) is 30.1. The van der Waals surface area contributed by atoms with Crippen molar-refractivity contribution in [1.29, 1.82) is 0 Å². The molecule has 2 N–H and O–H groups in total. The molecule has 0 spiro atoms. The first-order valence-electron chi connectivity index (χ1n) is 11.2. The number of nitrogens with zero attached hydrogens (tertiary/aromatic N) is 4. The van der Waals surface area contributed by atoms with E-state index in [1.165, 1.54) is 84.9 Å². The van der Waals surface area contributed by atoms with Crippen LogP contribution in [0.5, 0.6) is 11.5 Å². The van der Waals surface area contributed by atoms with Gasteiger partial charge < -0.3 is 19.3 Å². The van der Waals surface area contributed by atoms with E-state index in [4.69, 9.17) is 0 Å². The van der Waals surface area contributed by atoms with Crippen LogP contribution in [0.3, 0.4) is 0 Å². The molecule has 4 rings (SSSR count). The monoisotopic (exact) mass is 656 g/mol. The van der Waals surface area contributed by atoms with E-state index in [1.54, 1.807) is 0 Å². The van der Waals surface area contributed by atoms with Gasteiger partial charge in [-0.25, -0.2) is 16.8 Å². The molecule has 0 aliphatic rings. The van der Waals surface area contributed by atoms with Crippen LogP contribution in [0.1, 0.15) is 11.1 Å². The molecule has 0 aromatic heterocycles. The maximum atomic E-state index is 11.9. The second-order valence-electron chi connectivity index (χ2n) is 8.12. The van der Waals surface area contributed by atoms with Crippen molar-refractivity contribution in [3.63, 3.8) is 0 Å². The summed E-state index contributed by atoms with van der Waals surface area (Å²) in [5, 5.41) is 34.3. The Hall–Kier alpha value is -1.49. The fourth-order valence-corrected chi connectivity index (χ4v) is 4.71. The molecule has 0 aliphatic heterocycles. The van der Waals surface area contributed by atoms with E-state index in [0.717, 1.165) is 12.1 Å². The summed E-state index contributed by atoms with van der Waals surface area (Å²) in [5.41, 5.74) is 0.667. The number of aromatic hydroxyl groups is 2. The largest absolute Gasteiger partial charge is 1.00 e. The second-order valence-corrected chi connectivity index (χ2v) is 10.8. The first-order chi connectivity index (χ1) is 18.9. The van der Waals surface area contributed by atoms with E-state index in [1.807, 2.05) is 0 Å². The Morgan fingerprint density at radius 1 is 0.500 bits per heavy atom. The van der Waals surface area contributed by atoms with Crippen molar-refractivity contribution < 1.29 is 139 Å². The molecule has 0 unspecified atom stereocenters. The molecule has 42 heavy (non-hydrogen) atoms. The molecule has 0 bridgehead atoms. The Morgan fingerprint density at radius 2 is 0.786 bits per heavy atom. The van der Waals surface area contributed by atoms with E-state index in [9.17, 15) is 36.2 Å². The van der Waals surface area contributed by atoms with Crippen molar-refractivity contribution in [1.82, 2.24) is 0 Å². The Kier molecular flexibility index (Phi) is 14.0. The van der Waals surface area contributed by atoms with Crippen molar-refractivity contribution in [2.75, 3.05) is 0 Å². The van der Waals surface area contributed by atoms with Gasteiger partial charge in [-0.2, -0.15) is 20.5 Å². The average Bonchev–Trinajstić information content (AvgIpc) is 2.90. The smallest absolute Gasteiger partial charge is 0.744 e. The van der Waals surface area contributed by atoms with Gasteiger partial charge in [-0.3, -0.25) is 0 Å². The Bertz CT molecular complexity index is 1730. The number of hydrogen-bond donors (Lipinski definition) is 2. The van der Waals surface area contributed by atoms with Gasteiger partial charge in [-0.1, -0.05) is 24.3 Å². The first-order valence-corrected chi connectivity index (χ1v) is 14.0. The number of benzene rings is 4. The van der Waals surface area contributed by atoms with Crippen LogP contribution in [0, 0.1) is 0 Å². The minimum absolute atomic E-state index is 0. The third kappa shape index (κ3) is 10.6. The van der Waals surface area contributed by atoms with Crippen molar-refractivity contribution in [3.05, 3.63) is 96.1 Å². The third-order valence-corrected chi connectivity index (χ3v) is 7.02. The molecule has 0 amide bonds. The average molecular weight is 657 g/mol. The van der Waals surface area contributed by atoms with Gasteiger partial charge in [0, 0.05) is 0 Å². The van der Waals surface area contributed by atoms with Gasteiger partial charge in [0.25, 0.3) is 0 Å². The van der Waals surface area contributed by atoms with Gasteiger partial charge >= 0.3 is 103 Å². The van der Waals surface area contributed by atoms with Crippen molar-refractivity contribution >= 4 is 55.1 Å². The van der Waals surface area contributed by atoms with Crippen LogP contribution >= 0.6 is 0 Å². The zero-order valence-electron chi connectivity index (χ0n) is 22.2. The standard InChI is InChI=1S/C26H20N4O8S2.2K/c31-23-11-7-19(8-12-23)27-29-21-5-3-17(25(15-21)39(33,34)35)1-2-18-4-6-22(16-26(18)40(36,37)38)30-28-20-9-13-24(32)14-10-20;;/h1-16,31-32H,(H,33,34,35)(H,36,37,38);;/q;2*+1/p-2. The van der Waals surface area contributed by atoms with Crippen LogP contribution in [0.4, 0.5) is 22.7 Å². The summed E-state index contributed by atoms with van der Waals surface area (Å²) in [6.07, 6.45) is 2.35. The van der Waals surface area contributed by atoms with Crippen LogP contribution in [-0.2, 0) is 20.2 Å². The van der Waals surface area contributed by atoms with Crippen molar-refractivity contribution in [3.8, 4) is 11.5 Å². The maximum Gasteiger partial charge on any atom is 1.00 e. The van der Waals surface area contributed by atoms with Crippen molar-refractivity contribution in [2.45, 2.75) is 9.79 Å². The SMILES string of the molecule is O=S(=O)([O-])c1cc(N=Nc2ccc(O)cc2)ccc1C=Cc1ccc(N=Nc2ccc(O)cc2)cc1S(=O)(=O)[O-].[K+].[K+]. The molecule has 4 aromatic rings. The molecule has 0 heterocycles. The summed E-state index contributed by atoms with van der Waals surface area (Å²) >= 11 is 0. The number of rotatable bonds is 8. The van der Waals surface area contributed by atoms with Crippen LogP contribution < -0.4 is 103 Å². The molecule has 204 valence electrons. The van der Waals surface area contributed by atoms with E-state index in [0.29, 0.717) is 11.4 Å². The van der Waals surface area contributed by atoms with E-state index in [-0.39, 0.29) is 137 Å². The number of azo groups is 2. The van der Waals surface area contributed by atoms with Crippen molar-refractivity contribution in [2.24, 2.45) is 20.5 Å². The molecular formula is C26H18K2N4O8S2. The van der Waals surface area contributed by atoms with Gasteiger partial charge in [0.15, 0.2) is 0 Å². The first kappa shape index (κ1) is 36.7. The molecule has 4 aromatic carbocycles. The van der Waals surface area contributed by atoms with Gasteiger partial charge in [0.2, 0.25) is 0 Å². The molecule has 0 radical (unpaired) electrons. The Labute approximate surface area is 326 Å². The molecule has 0 fully saturated rings. The number of phenols is 2. The Balaban J connectivity index is 0.00000308. The molecule has 12 nitrogen and oxygen atoms in total. The molecule has 0 atom stereocenters. The van der Waals surface area contributed by atoms with E-state index < -0.39 is 30.0 Å². The minimum Gasteiger partial charge on any atom is -0.744 e. The van der Waals surface area contributed by atoms with Crippen LogP contribution in [0.15, 0.2) is 115 Å². The quantitative estimate of drug-likeness (QED) is 0.113. The minimum atomic E-state index is -4.99. The molecule has 0 saturated heterocycles. The normalized spacial score (nSPS) is 12.0. The Morgan fingerprint density at radius 3 is 1.10 bits per heavy atom. The fourth-order valence-electron chi connectivity index (χ4n) is 3.33. The van der Waals surface area contributed by atoms with Gasteiger partial charge in [-0.05, 0) is 83.9 Å². The molecular weight excluding hydrogens is 639 g/mol. The zero-order chi connectivity index (χ0) is 28.9. The van der Waals surface area contributed by atoms with Crippen LogP contribution in [-0.4, -0.2) is 36.2 Å². The summed E-state index contributed by atoms with van der Waals surface area (Å²) in [5.74, 6) is 0.0479. The predicted molar refractivity (Wildman–Crippen MR) is 142 cm³/mol. The van der Waals surface area contributed by atoms with Crippen LogP contribution in [0.2, 0.25) is 0 Å². The molecule has 0 aliphatic carbocycles. The summed E-state index contributed by atoms with van der Waals surface area (Å²) in [7, 11) is -9.98. The summed E-state index contributed by atoms with van der Waals surface area (Å²) in [6, 6.07) is 18.8. The van der Waals surface area contributed by atoms with Gasteiger partial charge in [-0.15, -0.1) is 0 Å². The molecule has 16 heteroatoms. The van der Waals surface area contributed by atoms with Gasteiger partial charge in [0.1, 0.15) is 31.7 Å². The predicted octanol–water partition coefficient (Wildman–Crippen LogP) is -0.0848. The molecule has 0 saturated carbocycles. The van der Waals surface area contributed by atoms with Crippen LogP contribution in [0.25, 0.3) is 12.2 Å². The third-order valence-electron chi connectivity index (χ3n) is 5.24. The fraction of sp³-hybridized carbons (Fsp3) is 0. The van der Waals surface area contributed by atoms with Gasteiger partial charge in [0.05, 0.1) is 32.5 Å². The maximum absolute atomic E-state index is 11.9. The van der Waals surface area contributed by atoms with E-state index in [2.05, 4.69) is 20.5 Å².